The molecular weight excluding hydrogens is 294 g/mol. The van der Waals surface area contributed by atoms with E-state index in [2.05, 4.69) is 11.0 Å². The lowest BCUT2D eigenvalue weighted by Crippen LogP contribution is -2.39. The van der Waals surface area contributed by atoms with Crippen molar-refractivity contribution in [3.63, 3.8) is 0 Å². The maximum absolute atomic E-state index is 12.5. The summed E-state index contributed by atoms with van der Waals surface area (Å²) in [5, 5.41) is 0. The summed E-state index contributed by atoms with van der Waals surface area (Å²) < 4.78 is 0. The third-order valence-corrected chi connectivity index (χ3v) is 4.63. The summed E-state index contributed by atoms with van der Waals surface area (Å²) in [6.45, 7) is 5.11. The molecule has 0 fully saturated rings. The highest BCUT2D eigenvalue weighted by Crippen LogP contribution is 2.41. The summed E-state index contributed by atoms with van der Waals surface area (Å²) in [6.07, 6.45) is 5.74. The first-order chi connectivity index (χ1) is 11.0. The zero-order valence-corrected chi connectivity index (χ0v) is 14.0. The van der Waals surface area contributed by atoms with Gasteiger partial charge in [0, 0.05) is 13.0 Å². The second-order valence-corrected chi connectivity index (χ2v) is 6.60. The molecule has 0 saturated carbocycles. The van der Waals surface area contributed by atoms with E-state index < -0.39 is 12.1 Å². The van der Waals surface area contributed by atoms with Gasteiger partial charge in [-0.05, 0) is 74.6 Å². The van der Waals surface area contributed by atoms with Crippen LogP contribution >= 0.6 is 0 Å². The SMILES string of the molecule is CC(=O)OOC(=O)N(c1c2c(cc3c1CCC3)CCC2)C(C)C. The maximum atomic E-state index is 12.5. The van der Waals surface area contributed by atoms with Crippen molar-refractivity contribution in [2.24, 2.45) is 0 Å². The van der Waals surface area contributed by atoms with E-state index in [1.807, 2.05) is 13.8 Å². The normalized spacial score (nSPS) is 15.3. The van der Waals surface area contributed by atoms with E-state index in [1.165, 1.54) is 29.2 Å². The molecule has 1 aromatic rings. The van der Waals surface area contributed by atoms with Crippen molar-refractivity contribution < 1.29 is 19.4 Å². The smallest absolute Gasteiger partial charge is 0.272 e. The molecule has 5 nitrogen and oxygen atoms in total. The van der Waals surface area contributed by atoms with Crippen LogP contribution < -0.4 is 4.90 Å². The Morgan fingerprint density at radius 1 is 1.00 bits per heavy atom. The maximum Gasteiger partial charge on any atom is 0.457 e. The molecule has 0 N–H and O–H groups in total. The monoisotopic (exact) mass is 317 g/mol. The molecule has 0 heterocycles. The molecule has 2 aliphatic carbocycles. The lowest BCUT2D eigenvalue weighted by molar-refractivity contribution is -0.228. The molecular formula is C18H23NO4. The molecule has 0 spiro atoms. The molecule has 0 aromatic heterocycles. The molecule has 0 bridgehead atoms. The molecule has 0 radical (unpaired) electrons. The highest BCUT2D eigenvalue weighted by Gasteiger charge is 2.32. The van der Waals surface area contributed by atoms with Crippen molar-refractivity contribution in [3.8, 4) is 0 Å². The number of rotatable bonds is 2. The molecule has 1 amide bonds. The number of fused-ring (bicyclic) bond motifs is 2. The van der Waals surface area contributed by atoms with E-state index >= 15 is 0 Å². The van der Waals surface area contributed by atoms with Gasteiger partial charge in [-0.1, -0.05) is 6.07 Å². The minimum atomic E-state index is -0.634. The van der Waals surface area contributed by atoms with Gasteiger partial charge in [0.1, 0.15) is 0 Å². The fourth-order valence-corrected chi connectivity index (χ4v) is 3.77. The van der Waals surface area contributed by atoms with Crippen LogP contribution in [-0.2, 0) is 40.3 Å². The Labute approximate surface area is 136 Å². The van der Waals surface area contributed by atoms with Crippen LogP contribution in [0.2, 0.25) is 0 Å². The number of aryl methyl sites for hydroxylation is 2. The number of carbonyl (C=O) groups excluding carboxylic acids is 2. The second kappa shape index (κ2) is 6.22. The largest absolute Gasteiger partial charge is 0.457 e. The first kappa shape index (κ1) is 15.8. The number of hydrogen-bond acceptors (Lipinski definition) is 4. The molecule has 0 atom stereocenters. The van der Waals surface area contributed by atoms with Gasteiger partial charge in [0.05, 0.1) is 5.69 Å². The van der Waals surface area contributed by atoms with Crippen molar-refractivity contribution in [1.82, 2.24) is 0 Å². The Morgan fingerprint density at radius 2 is 1.57 bits per heavy atom. The molecule has 124 valence electrons. The Bertz CT molecular complexity index is 619. The van der Waals surface area contributed by atoms with E-state index in [9.17, 15) is 9.59 Å². The van der Waals surface area contributed by atoms with Crippen molar-refractivity contribution in [3.05, 3.63) is 28.3 Å². The summed E-state index contributed by atoms with van der Waals surface area (Å²) in [4.78, 5) is 34.3. The minimum Gasteiger partial charge on any atom is -0.272 e. The van der Waals surface area contributed by atoms with Crippen LogP contribution in [0.1, 0.15) is 55.9 Å². The van der Waals surface area contributed by atoms with Crippen LogP contribution in [0, 0.1) is 0 Å². The first-order valence-corrected chi connectivity index (χ1v) is 8.33. The van der Waals surface area contributed by atoms with Crippen molar-refractivity contribution >= 4 is 17.7 Å². The van der Waals surface area contributed by atoms with Crippen molar-refractivity contribution in [2.75, 3.05) is 4.90 Å². The molecule has 2 aliphatic rings. The van der Waals surface area contributed by atoms with Gasteiger partial charge in [-0.25, -0.2) is 19.4 Å². The predicted molar refractivity (Wildman–Crippen MR) is 86.4 cm³/mol. The van der Waals surface area contributed by atoms with Crippen molar-refractivity contribution in [2.45, 2.75) is 65.3 Å². The highest BCUT2D eigenvalue weighted by atomic mass is 17.2. The van der Waals surface area contributed by atoms with Gasteiger partial charge in [0.15, 0.2) is 0 Å². The Kier molecular flexibility index (Phi) is 4.28. The van der Waals surface area contributed by atoms with E-state index in [1.54, 1.807) is 4.90 Å². The van der Waals surface area contributed by atoms with Crippen LogP contribution in [0.15, 0.2) is 6.07 Å². The van der Waals surface area contributed by atoms with Crippen molar-refractivity contribution in [1.29, 1.82) is 0 Å². The van der Waals surface area contributed by atoms with Gasteiger partial charge in [0.25, 0.3) is 0 Å². The third-order valence-electron chi connectivity index (χ3n) is 4.63. The Balaban J connectivity index is 2.03. The zero-order valence-electron chi connectivity index (χ0n) is 14.0. The van der Waals surface area contributed by atoms with E-state index in [-0.39, 0.29) is 6.04 Å². The average molecular weight is 317 g/mol. The fraction of sp³-hybridized carbons (Fsp3) is 0.556. The van der Waals surface area contributed by atoms with E-state index in [0.717, 1.165) is 44.2 Å². The average Bonchev–Trinajstić information content (AvgIpc) is 3.12. The molecule has 0 saturated heterocycles. The number of nitrogens with zero attached hydrogens (tertiary/aromatic N) is 1. The van der Waals surface area contributed by atoms with Crippen LogP contribution in [0.25, 0.3) is 0 Å². The van der Waals surface area contributed by atoms with Gasteiger partial charge >= 0.3 is 12.1 Å². The summed E-state index contributed by atoms with van der Waals surface area (Å²) in [6, 6.07) is 2.25. The molecule has 1 aromatic carbocycles. The van der Waals surface area contributed by atoms with Crippen LogP contribution in [0.3, 0.4) is 0 Å². The molecule has 3 rings (SSSR count). The lowest BCUT2D eigenvalue weighted by atomic mass is 9.97. The summed E-state index contributed by atoms with van der Waals surface area (Å²) in [5.41, 5.74) is 6.23. The van der Waals surface area contributed by atoms with Gasteiger partial charge in [-0.3, -0.25) is 4.90 Å². The second-order valence-electron chi connectivity index (χ2n) is 6.60. The molecule has 0 aliphatic heterocycles. The van der Waals surface area contributed by atoms with Gasteiger partial charge < -0.3 is 0 Å². The standard InChI is InChI=1S/C18H23NO4/c1-11(2)19(18(21)23-22-12(3)20)17-15-8-4-6-13(15)10-14-7-5-9-16(14)17/h10-11H,4-9H2,1-3H3. The number of anilines is 1. The minimum absolute atomic E-state index is 0.0742. The Hall–Kier alpha value is -2.04. The summed E-state index contributed by atoms with van der Waals surface area (Å²) >= 11 is 0. The predicted octanol–water partition coefficient (Wildman–Crippen LogP) is 3.49. The van der Waals surface area contributed by atoms with Gasteiger partial charge in [-0.2, -0.15) is 0 Å². The highest BCUT2D eigenvalue weighted by molar-refractivity contribution is 5.91. The first-order valence-electron chi connectivity index (χ1n) is 8.33. The number of benzene rings is 1. The molecule has 23 heavy (non-hydrogen) atoms. The van der Waals surface area contributed by atoms with Crippen LogP contribution in [0.5, 0.6) is 0 Å². The number of carbonyl (C=O) groups is 2. The van der Waals surface area contributed by atoms with Crippen LogP contribution in [-0.4, -0.2) is 18.1 Å². The fourth-order valence-electron chi connectivity index (χ4n) is 3.77. The van der Waals surface area contributed by atoms with Gasteiger partial charge in [0.2, 0.25) is 0 Å². The summed E-state index contributed by atoms with van der Waals surface area (Å²) in [5.74, 6) is -0.634. The summed E-state index contributed by atoms with van der Waals surface area (Å²) in [7, 11) is 0. The molecule has 0 unspecified atom stereocenters. The third kappa shape index (κ3) is 2.92. The quantitative estimate of drug-likeness (QED) is 0.619. The van der Waals surface area contributed by atoms with E-state index in [0.29, 0.717) is 0 Å². The topological polar surface area (TPSA) is 55.8 Å². The number of hydrogen-bond donors (Lipinski definition) is 0. The lowest BCUT2D eigenvalue weighted by Gasteiger charge is -2.29. The van der Waals surface area contributed by atoms with Crippen LogP contribution in [0.4, 0.5) is 10.5 Å². The molecule has 5 heteroatoms. The number of amides is 1. The van der Waals surface area contributed by atoms with E-state index in [4.69, 9.17) is 4.89 Å². The zero-order chi connectivity index (χ0) is 16.6. The van der Waals surface area contributed by atoms with Gasteiger partial charge in [-0.15, -0.1) is 0 Å². The Morgan fingerprint density at radius 3 is 2.04 bits per heavy atom.